The van der Waals surface area contributed by atoms with Gasteiger partial charge in [0, 0.05) is 17.9 Å². The first-order valence-corrected chi connectivity index (χ1v) is 6.58. The number of hydrogen-bond donors (Lipinski definition) is 0. The molecule has 1 aromatic carbocycles. The fourth-order valence-corrected chi connectivity index (χ4v) is 2.45. The summed E-state index contributed by atoms with van der Waals surface area (Å²) in [6.45, 7) is 2.95. The van der Waals surface area contributed by atoms with Crippen molar-refractivity contribution in [3.8, 4) is 11.3 Å². The van der Waals surface area contributed by atoms with E-state index in [2.05, 4.69) is 25.1 Å². The highest BCUT2D eigenvalue weighted by Crippen LogP contribution is 2.26. The number of ether oxygens (including phenoxy) is 1. The summed E-state index contributed by atoms with van der Waals surface area (Å²) < 4.78 is 7.82. The number of hydrogen-bond acceptors (Lipinski definition) is 2. The van der Waals surface area contributed by atoms with Crippen LogP contribution in [0.3, 0.4) is 0 Å². The molecule has 0 radical (unpaired) electrons. The largest absolute Gasteiger partial charge is 0.357 e. The maximum Gasteiger partial charge on any atom is 0.150 e. The third-order valence-corrected chi connectivity index (χ3v) is 3.42. The van der Waals surface area contributed by atoms with Gasteiger partial charge in [0.15, 0.2) is 0 Å². The van der Waals surface area contributed by atoms with Crippen LogP contribution in [0.5, 0.6) is 0 Å². The molecule has 94 valence electrons. The molecule has 0 bridgehead atoms. The summed E-state index contributed by atoms with van der Waals surface area (Å²) in [5.74, 6) is 0. The van der Waals surface area contributed by atoms with Crippen LogP contribution in [0.2, 0.25) is 0 Å². The minimum Gasteiger partial charge on any atom is -0.357 e. The minimum absolute atomic E-state index is 0.121. The normalized spacial score (nSPS) is 19.9. The average molecular weight is 242 g/mol. The van der Waals surface area contributed by atoms with E-state index in [9.17, 15) is 0 Å². The van der Waals surface area contributed by atoms with E-state index in [0.717, 1.165) is 24.3 Å². The topological polar surface area (TPSA) is 27.1 Å². The van der Waals surface area contributed by atoms with Crippen LogP contribution in [0.25, 0.3) is 11.3 Å². The lowest BCUT2D eigenvalue weighted by atomic mass is 10.1. The molecule has 18 heavy (non-hydrogen) atoms. The predicted octanol–water partition coefficient (Wildman–Crippen LogP) is 3.56. The van der Waals surface area contributed by atoms with Crippen molar-refractivity contribution in [1.82, 2.24) is 9.78 Å². The van der Waals surface area contributed by atoms with Crippen molar-refractivity contribution in [3.05, 3.63) is 42.1 Å². The lowest BCUT2D eigenvalue weighted by molar-refractivity contribution is -0.0405. The molecule has 0 spiro atoms. The average Bonchev–Trinajstić information content (AvgIpc) is 2.83. The molecule has 0 N–H and O–H groups in total. The molecule has 1 atom stereocenters. The van der Waals surface area contributed by atoms with Crippen molar-refractivity contribution in [2.75, 3.05) is 6.61 Å². The number of nitrogens with zero attached hydrogens (tertiary/aromatic N) is 2. The van der Waals surface area contributed by atoms with Crippen LogP contribution >= 0.6 is 0 Å². The zero-order chi connectivity index (χ0) is 12.4. The molecule has 1 saturated heterocycles. The highest BCUT2D eigenvalue weighted by molar-refractivity contribution is 5.58. The second-order valence-electron chi connectivity index (χ2n) is 4.80. The van der Waals surface area contributed by atoms with Crippen LogP contribution in [0.4, 0.5) is 0 Å². The van der Waals surface area contributed by atoms with Crippen molar-refractivity contribution < 1.29 is 4.74 Å². The van der Waals surface area contributed by atoms with Crippen LogP contribution in [0.15, 0.2) is 36.4 Å². The van der Waals surface area contributed by atoms with Gasteiger partial charge in [-0.2, -0.15) is 5.10 Å². The van der Waals surface area contributed by atoms with Crippen molar-refractivity contribution in [2.45, 2.75) is 32.4 Å². The summed E-state index contributed by atoms with van der Waals surface area (Å²) in [5, 5.41) is 4.70. The maximum atomic E-state index is 5.79. The van der Waals surface area contributed by atoms with Gasteiger partial charge in [0.2, 0.25) is 0 Å². The summed E-state index contributed by atoms with van der Waals surface area (Å²) in [7, 11) is 0. The van der Waals surface area contributed by atoms with Crippen LogP contribution in [-0.2, 0) is 4.74 Å². The van der Waals surface area contributed by atoms with Crippen LogP contribution in [0, 0.1) is 6.92 Å². The van der Waals surface area contributed by atoms with E-state index in [1.165, 1.54) is 18.5 Å². The van der Waals surface area contributed by atoms with Gasteiger partial charge >= 0.3 is 0 Å². The molecule has 0 saturated carbocycles. The van der Waals surface area contributed by atoms with Gasteiger partial charge < -0.3 is 4.74 Å². The van der Waals surface area contributed by atoms with Crippen molar-refractivity contribution in [2.24, 2.45) is 0 Å². The Bertz CT molecular complexity index is 513. The summed E-state index contributed by atoms with van der Waals surface area (Å²) in [5.41, 5.74) is 3.36. The van der Waals surface area contributed by atoms with Crippen molar-refractivity contribution >= 4 is 0 Å². The fraction of sp³-hybridized carbons (Fsp3) is 0.400. The Morgan fingerprint density at radius 1 is 1.22 bits per heavy atom. The molecular formula is C15H18N2O. The lowest BCUT2D eigenvalue weighted by Gasteiger charge is -2.23. The van der Waals surface area contributed by atoms with Crippen molar-refractivity contribution in [1.29, 1.82) is 0 Å². The summed E-state index contributed by atoms with van der Waals surface area (Å²) in [6.07, 6.45) is 3.58. The van der Waals surface area contributed by atoms with Gasteiger partial charge in [0.25, 0.3) is 0 Å². The van der Waals surface area contributed by atoms with Gasteiger partial charge in [-0.05, 0) is 32.3 Å². The number of aryl methyl sites for hydroxylation is 1. The van der Waals surface area contributed by atoms with E-state index in [4.69, 9.17) is 9.84 Å². The molecule has 3 rings (SSSR count). The highest BCUT2D eigenvalue weighted by Gasteiger charge is 2.19. The number of aromatic nitrogens is 2. The molecule has 2 heterocycles. The van der Waals surface area contributed by atoms with E-state index in [1.54, 1.807) is 0 Å². The maximum absolute atomic E-state index is 5.79. The smallest absolute Gasteiger partial charge is 0.150 e. The van der Waals surface area contributed by atoms with Gasteiger partial charge in [-0.1, -0.05) is 30.3 Å². The van der Waals surface area contributed by atoms with E-state index in [1.807, 2.05) is 22.9 Å². The zero-order valence-electron chi connectivity index (χ0n) is 10.7. The SMILES string of the molecule is Cc1cc(-c2ccccc2)nn1C1CCCCO1. The van der Waals surface area contributed by atoms with Gasteiger partial charge in [0.1, 0.15) is 6.23 Å². The monoisotopic (exact) mass is 242 g/mol. The van der Waals surface area contributed by atoms with Crippen LogP contribution in [-0.4, -0.2) is 16.4 Å². The first kappa shape index (κ1) is 11.5. The molecule has 0 aliphatic carbocycles. The summed E-state index contributed by atoms with van der Waals surface area (Å²) in [6, 6.07) is 12.4. The molecule has 0 amide bonds. The van der Waals surface area contributed by atoms with E-state index in [0.29, 0.717) is 0 Å². The third kappa shape index (κ3) is 2.18. The fourth-order valence-electron chi connectivity index (χ4n) is 2.45. The number of benzene rings is 1. The Morgan fingerprint density at radius 2 is 2.06 bits per heavy atom. The molecular weight excluding hydrogens is 224 g/mol. The van der Waals surface area contributed by atoms with Crippen molar-refractivity contribution in [3.63, 3.8) is 0 Å². The van der Waals surface area contributed by atoms with E-state index >= 15 is 0 Å². The molecule has 3 heteroatoms. The molecule has 1 unspecified atom stereocenters. The van der Waals surface area contributed by atoms with Gasteiger partial charge in [-0.15, -0.1) is 0 Å². The zero-order valence-corrected chi connectivity index (χ0v) is 10.7. The summed E-state index contributed by atoms with van der Waals surface area (Å²) >= 11 is 0. The molecule has 1 aromatic heterocycles. The molecule has 2 aromatic rings. The Hall–Kier alpha value is -1.61. The quantitative estimate of drug-likeness (QED) is 0.805. The van der Waals surface area contributed by atoms with Crippen LogP contribution in [0.1, 0.15) is 31.2 Å². The second-order valence-corrected chi connectivity index (χ2v) is 4.80. The Morgan fingerprint density at radius 3 is 2.78 bits per heavy atom. The minimum atomic E-state index is 0.121. The lowest BCUT2D eigenvalue weighted by Crippen LogP contribution is -2.20. The van der Waals surface area contributed by atoms with Gasteiger partial charge in [0.05, 0.1) is 5.69 Å². The first-order chi connectivity index (χ1) is 8.84. The third-order valence-electron chi connectivity index (χ3n) is 3.42. The molecule has 1 aliphatic heterocycles. The number of rotatable bonds is 2. The molecule has 3 nitrogen and oxygen atoms in total. The van der Waals surface area contributed by atoms with Gasteiger partial charge in [-0.25, -0.2) is 4.68 Å². The Labute approximate surface area is 107 Å². The standard InChI is InChI=1S/C15H18N2O/c1-12-11-14(13-7-3-2-4-8-13)16-17(12)15-9-5-6-10-18-15/h2-4,7-8,11,15H,5-6,9-10H2,1H3. The van der Waals surface area contributed by atoms with E-state index < -0.39 is 0 Å². The predicted molar refractivity (Wildman–Crippen MR) is 71.2 cm³/mol. The second kappa shape index (κ2) is 4.94. The Balaban J connectivity index is 1.91. The molecule has 1 fully saturated rings. The van der Waals surface area contributed by atoms with Crippen LogP contribution < -0.4 is 0 Å². The molecule has 1 aliphatic rings. The first-order valence-electron chi connectivity index (χ1n) is 6.58. The highest BCUT2D eigenvalue weighted by atomic mass is 16.5. The Kier molecular flexibility index (Phi) is 3.15. The van der Waals surface area contributed by atoms with E-state index in [-0.39, 0.29) is 6.23 Å². The summed E-state index contributed by atoms with van der Waals surface area (Å²) in [4.78, 5) is 0. The van der Waals surface area contributed by atoms with Gasteiger partial charge in [-0.3, -0.25) is 0 Å².